The minimum absolute atomic E-state index is 0.0559. The van der Waals surface area contributed by atoms with Crippen LogP contribution in [0.15, 0.2) is 59.5 Å². The van der Waals surface area contributed by atoms with Gasteiger partial charge in [0.15, 0.2) is 0 Å². The van der Waals surface area contributed by atoms with Gasteiger partial charge < -0.3 is 5.32 Å². The predicted molar refractivity (Wildman–Crippen MR) is 106 cm³/mol. The Morgan fingerprint density at radius 1 is 1.16 bits per heavy atom. The highest BCUT2D eigenvalue weighted by atomic mass is 32.2. The van der Waals surface area contributed by atoms with Crippen molar-refractivity contribution in [1.82, 2.24) is 4.90 Å². The monoisotopic (exact) mass is 354 g/mol. The summed E-state index contributed by atoms with van der Waals surface area (Å²) in [6.07, 6.45) is 4.62. The van der Waals surface area contributed by atoms with Crippen LogP contribution < -0.4 is 5.32 Å². The lowest BCUT2D eigenvalue weighted by Gasteiger charge is -2.29. The molecule has 0 aliphatic heterocycles. The molecule has 1 N–H and O–H groups in total. The zero-order chi connectivity index (χ0) is 17.6. The van der Waals surface area contributed by atoms with Gasteiger partial charge in [0.1, 0.15) is 0 Å². The molecule has 0 spiro atoms. The number of nitrogens with zero attached hydrogens (tertiary/aromatic N) is 1. The Morgan fingerprint density at radius 2 is 1.84 bits per heavy atom. The van der Waals surface area contributed by atoms with Gasteiger partial charge in [-0.1, -0.05) is 30.3 Å². The van der Waals surface area contributed by atoms with Crippen LogP contribution in [0.2, 0.25) is 0 Å². The summed E-state index contributed by atoms with van der Waals surface area (Å²) < 4.78 is 0. The third kappa shape index (κ3) is 5.35. The zero-order valence-electron chi connectivity index (χ0n) is 14.9. The van der Waals surface area contributed by atoms with Gasteiger partial charge in [-0.2, -0.15) is 0 Å². The summed E-state index contributed by atoms with van der Waals surface area (Å²) in [6.45, 7) is 3.62. The molecule has 3 rings (SSSR count). The Labute approximate surface area is 154 Å². The maximum atomic E-state index is 12.6. The smallest absolute Gasteiger partial charge is 0.238 e. The second kappa shape index (κ2) is 8.54. The normalized spacial score (nSPS) is 15.2. The standard InChI is InChI=1S/C21H26N2OS/c1-16(18-6-4-3-5-7-18)23(14-17-8-9-17)15-21(24)22-19-10-12-20(25-2)13-11-19/h3-7,10-13,16-17H,8-9,14-15H2,1-2H3,(H,22,24). The molecule has 3 nitrogen and oxygen atoms in total. The molecule has 2 aromatic rings. The molecule has 4 heteroatoms. The number of benzene rings is 2. The van der Waals surface area contributed by atoms with E-state index < -0.39 is 0 Å². The van der Waals surface area contributed by atoms with Crippen LogP contribution in [0.3, 0.4) is 0 Å². The Hall–Kier alpha value is -1.78. The van der Waals surface area contributed by atoms with Crippen molar-refractivity contribution in [3.05, 3.63) is 60.2 Å². The van der Waals surface area contributed by atoms with Gasteiger partial charge in [0.25, 0.3) is 0 Å². The summed E-state index contributed by atoms with van der Waals surface area (Å²) in [6, 6.07) is 18.7. The van der Waals surface area contributed by atoms with E-state index in [1.165, 1.54) is 23.3 Å². The van der Waals surface area contributed by atoms with Crippen LogP contribution >= 0.6 is 11.8 Å². The molecule has 132 valence electrons. The second-order valence-corrected chi connectivity index (χ2v) is 7.62. The number of carbonyl (C=O) groups excluding carboxylic acids is 1. The molecule has 1 fully saturated rings. The zero-order valence-corrected chi connectivity index (χ0v) is 15.8. The van der Waals surface area contributed by atoms with Crippen LogP contribution in [0.25, 0.3) is 0 Å². The quantitative estimate of drug-likeness (QED) is 0.690. The first kappa shape index (κ1) is 18.0. The van der Waals surface area contributed by atoms with Gasteiger partial charge in [0, 0.05) is 23.2 Å². The van der Waals surface area contributed by atoms with Crippen molar-refractivity contribution in [3.8, 4) is 0 Å². The van der Waals surface area contributed by atoms with Gasteiger partial charge >= 0.3 is 0 Å². The van der Waals surface area contributed by atoms with Crippen LogP contribution in [0.5, 0.6) is 0 Å². The minimum Gasteiger partial charge on any atom is -0.325 e. The highest BCUT2D eigenvalue weighted by Crippen LogP contribution is 2.32. The van der Waals surface area contributed by atoms with E-state index >= 15 is 0 Å². The van der Waals surface area contributed by atoms with E-state index in [1.54, 1.807) is 11.8 Å². The maximum absolute atomic E-state index is 12.6. The van der Waals surface area contributed by atoms with Crippen LogP contribution in [-0.2, 0) is 4.79 Å². The van der Waals surface area contributed by atoms with Crippen molar-refractivity contribution in [2.75, 3.05) is 24.7 Å². The van der Waals surface area contributed by atoms with Crippen molar-refractivity contribution >= 4 is 23.4 Å². The third-order valence-electron chi connectivity index (χ3n) is 4.74. The molecule has 0 heterocycles. The number of carbonyl (C=O) groups is 1. The Balaban J connectivity index is 1.63. The fraction of sp³-hybridized carbons (Fsp3) is 0.381. The van der Waals surface area contributed by atoms with Crippen molar-refractivity contribution in [3.63, 3.8) is 0 Å². The fourth-order valence-corrected chi connectivity index (χ4v) is 3.40. The van der Waals surface area contributed by atoms with E-state index in [2.05, 4.69) is 41.4 Å². The van der Waals surface area contributed by atoms with Crippen LogP contribution in [-0.4, -0.2) is 30.2 Å². The molecular weight excluding hydrogens is 328 g/mol. The number of anilines is 1. The lowest BCUT2D eigenvalue weighted by atomic mass is 10.1. The van der Waals surface area contributed by atoms with E-state index in [1.807, 2.05) is 36.6 Å². The van der Waals surface area contributed by atoms with E-state index in [0.717, 1.165) is 18.2 Å². The molecule has 1 amide bonds. The summed E-state index contributed by atoms with van der Waals surface area (Å²) in [5.41, 5.74) is 2.13. The first-order valence-electron chi connectivity index (χ1n) is 8.88. The SMILES string of the molecule is CSc1ccc(NC(=O)CN(CC2CC2)C(C)c2ccccc2)cc1. The largest absolute Gasteiger partial charge is 0.325 e. The van der Waals surface area contributed by atoms with E-state index in [4.69, 9.17) is 0 Å². The van der Waals surface area contributed by atoms with Crippen molar-refractivity contribution in [2.45, 2.75) is 30.7 Å². The molecule has 0 aromatic heterocycles. The Bertz CT molecular complexity index is 683. The van der Waals surface area contributed by atoms with E-state index in [0.29, 0.717) is 6.54 Å². The van der Waals surface area contributed by atoms with Crippen molar-refractivity contribution in [1.29, 1.82) is 0 Å². The van der Waals surface area contributed by atoms with Gasteiger partial charge in [0.2, 0.25) is 5.91 Å². The first-order chi connectivity index (χ1) is 12.2. The third-order valence-corrected chi connectivity index (χ3v) is 5.48. The highest BCUT2D eigenvalue weighted by Gasteiger charge is 2.28. The van der Waals surface area contributed by atoms with Gasteiger partial charge in [-0.15, -0.1) is 11.8 Å². The number of hydrogen-bond donors (Lipinski definition) is 1. The Morgan fingerprint density at radius 3 is 2.44 bits per heavy atom. The topological polar surface area (TPSA) is 32.3 Å². The molecule has 0 bridgehead atoms. The average molecular weight is 355 g/mol. The molecular formula is C21H26N2OS. The summed E-state index contributed by atoms with van der Waals surface area (Å²) in [5.74, 6) is 0.806. The molecule has 1 aliphatic carbocycles. The van der Waals surface area contributed by atoms with Crippen LogP contribution in [0.1, 0.15) is 31.4 Å². The summed E-state index contributed by atoms with van der Waals surface area (Å²) in [4.78, 5) is 16.1. The molecule has 1 aliphatic rings. The number of amides is 1. The van der Waals surface area contributed by atoms with Crippen molar-refractivity contribution in [2.24, 2.45) is 5.92 Å². The molecule has 1 unspecified atom stereocenters. The van der Waals surface area contributed by atoms with Crippen molar-refractivity contribution < 1.29 is 4.79 Å². The van der Waals surface area contributed by atoms with E-state index in [9.17, 15) is 4.79 Å². The number of rotatable bonds is 8. The number of hydrogen-bond acceptors (Lipinski definition) is 3. The lowest BCUT2D eigenvalue weighted by molar-refractivity contribution is -0.117. The molecule has 0 saturated heterocycles. The summed E-state index contributed by atoms with van der Waals surface area (Å²) >= 11 is 1.70. The second-order valence-electron chi connectivity index (χ2n) is 6.74. The van der Waals surface area contributed by atoms with Crippen LogP contribution in [0, 0.1) is 5.92 Å². The molecule has 25 heavy (non-hydrogen) atoms. The Kier molecular flexibility index (Phi) is 6.16. The molecule has 0 radical (unpaired) electrons. The maximum Gasteiger partial charge on any atom is 0.238 e. The summed E-state index contributed by atoms with van der Waals surface area (Å²) in [7, 11) is 0. The first-order valence-corrected chi connectivity index (χ1v) is 10.1. The number of thioether (sulfide) groups is 1. The van der Waals surface area contributed by atoms with Gasteiger partial charge in [-0.3, -0.25) is 9.69 Å². The average Bonchev–Trinajstić information content (AvgIpc) is 3.46. The molecule has 1 atom stereocenters. The lowest BCUT2D eigenvalue weighted by Crippen LogP contribution is -2.36. The van der Waals surface area contributed by atoms with E-state index in [-0.39, 0.29) is 11.9 Å². The van der Waals surface area contributed by atoms with Gasteiger partial charge in [-0.05, 0) is 61.8 Å². The molecule has 2 aromatic carbocycles. The fourth-order valence-electron chi connectivity index (χ4n) is 2.99. The highest BCUT2D eigenvalue weighted by molar-refractivity contribution is 7.98. The van der Waals surface area contributed by atoms with Gasteiger partial charge in [-0.25, -0.2) is 0 Å². The number of nitrogens with one attached hydrogen (secondary N) is 1. The van der Waals surface area contributed by atoms with Crippen LogP contribution in [0.4, 0.5) is 5.69 Å². The minimum atomic E-state index is 0.0559. The summed E-state index contributed by atoms with van der Waals surface area (Å²) in [5, 5.41) is 3.03. The molecule has 1 saturated carbocycles. The predicted octanol–water partition coefficient (Wildman–Crippen LogP) is 4.82. The van der Waals surface area contributed by atoms with Gasteiger partial charge in [0.05, 0.1) is 6.54 Å².